The lowest BCUT2D eigenvalue weighted by molar-refractivity contribution is -0.123. The molecular weight excluding hydrogens is 354 g/mol. The van der Waals surface area contributed by atoms with E-state index in [2.05, 4.69) is 29.1 Å². The van der Waals surface area contributed by atoms with E-state index in [1.807, 2.05) is 54.0 Å². The van der Waals surface area contributed by atoms with Crippen molar-refractivity contribution < 1.29 is 4.79 Å². The van der Waals surface area contributed by atoms with Crippen molar-refractivity contribution in [1.29, 1.82) is 0 Å². The molecule has 0 aliphatic heterocycles. The highest BCUT2D eigenvalue weighted by Crippen LogP contribution is 2.26. The molecule has 3 aromatic rings. The van der Waals surface area contributed by atoms with Gasteiger partial charge in [0.05, 0.1) is 12.0 Å². The number of rotatable bonds is 8. The van der Waals surface area contributed by atoms with Crippen molar-refractivity contribution >= 4 is 17.2 Å². The van der Waals surface area contributed by atoms with E-state index in [-0.39, 0.29) is 17.9 Å². The predicted octanol–water partition coefficient (Wildman–Crippen LogP) is 4.77. The molecule has 1 aromatic carbocycles. The fourth-order valence-electron chi connectivity index (χ4n) is 3.17. The molecule has 0 spiro atoms. The van der Waals surface area contributed by atoms with Crippen LogP contribution in [0, 0.1) is 5.92 Å². The molecule has 0 saturated carbocycles. The van der Waals surface area contributed by atoms with Crippen molar-refractivity contribution in [2.24, 2.45) is 5.92 Å². The minimum absolute atomic E-state index is 0.0332. The number of hydrogen-bond donors (Lipinski definition) is 1. The summed E-state index contributed by atoms with van der Waals surface area (Å²) < 4.78 is 0. The van der Waals surface area contributed by atoms with Gasteiger partial charge in [-0.15, -0.1) is 11.3 Å². The van der Waals surface area contributed by atoms with Gasteiger partial charge in [0.25, 0.3) is 0 Å². The van der Waals surface area contributed by atoms with Crippen LogP contribution in [0.5, 0.6) is 0 Å². The van der Waals surface area contributed by atoms with Crippen molar-refractivity contribution in [3.05, 3.63) is 82.6 Å². The summed E-state index contributed by atoms with van der Waals surface area (Å²) >= 11 is 1.59. The molecule has 27 heavy (non-hydrogen) atoms. The van der Waals surface area contributed by atoms with Crippen LogP contribution >= 0.6 is 11.3 Å². The number of pyridine rings is 1. The van der Waals surface area contributed by atoms with E-state index in [4.69, 9.17) is 0 Å². The third-order valence-corrected chi connectivity index (χ3v) is 5.34. The summed E-state index contributed by atoms with van der Waals surface area (Å²) in [5, 5.41) is 6.18. The average Bonchev–Trinajstić information content (AvgIpc) is 3.21. The number of carbonyl (C=O) groups excluding carboxylic acids is 1. The highest BCUT2D eigenvalue weighted by molar-refractivity contribution is 7.09. The first-order chi connectivity index (χ1) is 13.1. The van der Waals surface area contributed by atoms with Crippen LogP contribution in [0.2, 0.25) is 0 Å². The summed E-state index contributed by atoms with van der Waals surface area (Å²) in [5.41, 5.74) is 2.07. The number of nitrogens with zero attached hydrogens (tertiary/aromatic N) is 2. The third kappa shape index (κ3) is 5.47. The lowest BCUT2D eigenvalue weighted by Crippen LogP contribution is -2.34. The molecule has 0 radical (unpaired) electrons. The fraction of sp³-hybridized carbons (Fsp3) is 0.318. The van der Waals surface area contributed by atoms with Crippen molar-refractivity contribution in [2.45, 2.75) is 38.6 Å². The number of hydrogen-bond acceptors (Lipinski definition) is 4. The molecule has 1 amide bonds. The summed E-state index contributed by atoms with van der Waals surface area (Å²) in [6.07, 6.45) is 6.87. The summed E-state index contributed by atoms with van der Waals surface area (Å²) in [7, 11) is 0. The van der Waals surface area contributed by atoms with Gasteiger partial charge in [-0.25, -0.2) is 4.98 Å². The second-order valence-corrected chi connectivity index (χ2v) is 8.02. The Morgan fingerprint density at radius 1 is 1.11 bits per heavy atom. The SMILES string of the molecule is CC(C)CC(NC(=O)C(Cc1cccnc1)c1ccccc1)c1nccs1. The van der Waals surface area contributed by atoms with Crippen LogP contribution < -0.4 is 5.32 Å². The Morgan fingerprint density at radius 2 is 1.93 bits per heavy atom. The minimum Gasteiger partial charge on any atom is -0.346 e. The van der Waals surface area contributed by atoms with E-state index in [1.165, 1.54) is 0 Å². The van der Waals surface area contributed by atoms with E-state index < -0.39 is 0 Å². The minimum atomic E-state index is -0.259. The maximum Gasteiger partial charge on any atom is 0.228 e. The highest BCUT2D eigenvalue weighted by Gasteiger charge is 2.25. The normalized spacial score (nSPS) is 13.3. The van der Waals surface area contributed by atoms with Gasteiger partial charge in [-0.3, -0.25) is 9.78 Å². The van der Waals surface area contributed by atoms with Gasteiger partial charge in [0, 0.05) is 24.0 Å². The molecule has 0 fully saturated rings. The van der Waals surface area contributed by atoms with Gasteiger partial charge in [0.15, 0.2) is 0 Å². The number of thiazole rings is 1. The largest absolute Gasteiger partial charge is 0.346 e. The maximum atomic E-state index is 13.3. The van der Waals surface area contributed by atoms with Gasteiger partial charge in [-0.2, -0.15) is 0 Å². The van der Waals surface area contributed by atoms with Gasteiger partial charge in [-0.05, 0) is 36.0 Å². The molecule has 0 aliphatic rings. The molecule has 140 valence electrons. The third-order valence-electron chi connectivity index (χ3n) is 4.45. The molecule has 0 aliphatic carbocycles. The first-order valence-corrected chi connectivity index (χ1v) is 10.1. The topological polar surface area (TPSA) is 54.9 Å². The Labute approximate surface area is 164 Å². The quantitative estimate of drug-likeness (QED) is 0.613. The zero-order chi connectivity index (χ0) is 19.1. The molecular formula is C22H25N3OS. The summed E-state index contributed by atoms with van der Waals surface area (Å²) in [6, 6.07) is 13.8. The Balaban J connectivity index is 1.83. The van der Waals surface area contributed by atoms with Crippen LogP contribution in [0.25, 0.3) is 0 Å². The van der Waals surface area contributed by atoms with Crippen LogP contribution in [0.3, 0.4) is 0 Å². The van der Waals surface area contributed by atoms with Crippen LogP contribution in [0.1, 0.15) is 48.4 Å². The van der Waals surface area contributed by atoms with Crippen LogP contribution in [-0.4, -0.2) is 15.9 Å². The second-order valence-electron chi connectivity index (χ2n) is 7.09. The molecule has 0 saturated heterocycles. The van der Waals surface area contributed by atoms with Crippen molar-refractivity contribution in [1.82, 2.24) is 15.3 Å². The van der Waals surface area contributed by atoms with Crippen molar-refractivity contribution in [3.63, 3.8) is 0 Å². The van der Waals surface area contributed by atoms with Gasteiger partial charge >= 0.3 is 0 Å². The Hall–Kier alpha value is -2.53. The van der Waals surface area contributed by atoms with Crippen LogP contribution in [0.4, 0.5) is 0 Å². The molecule has 1 N–H and O–H groups in total. The van der Waals surface area contributed by atoms with E-state index in [1.54, 1.807) is 23.7 Å². The van der Waals surface area contributed by atoms with Crippen LogP contribution in [0.15, 0.2) is 66.4 Å². The Kier molecular flexibility index (Phi) is 6.71. The molecule has 2 unspecified atom stereocenters. The highest BCUT2D eigenvalue weighted by atomic mass is 32.1. The Bertz CT molecular complexity index is 819. The molecule has 5 heteroatoms. The van der Waals surface area contributed by atoms with Crippen molar-refractivity contribution in [3.8, 4) is 0 Å². The number of aromatic nitrogens is 2. The summed E-state index contributed by atoms with van der Waals surface area (Å²) in [4.78, 5) is 21.9. The zero-order valence-electron chi connectivity index (χ0n) is 15.7. The van der Waals surface area contributed by atoms with E-state index in [0.717, 1.165) is 22.6 Å². The van der Waals surface area contributed by atoms with Crippen LogP contribution in [-0.2, 0) is 11.2 Å². The molecule has 0 bridgehead atoms. The standard InChI is InChI=1S/C22H25N3OS/c1-16(2)13-20(22-24-11-12-27-22)25-21(26)19(18-8-4-3-5-9-18)14-17-7-6-10-23-15-17/h3-12,15-16,19-20H,13-14H2,1-2H3,(H,25,26). The second kappa shape index (κ2) is 9.42. The lowest BCUT2D eigenvalue weighted by atomic mass is 9.91. The smallest absolute Gasteiger partial charge is 0.228 e. The van der Waals surface area contributed by atoms with Crippen molar-refractivity contribution in [2.75, 3.05) is 0 Å². The molecule has 3 rings (SSSR count). The van der Waals surface area contributed by atoms with E-state index in [0.29, 0.717) is 12.3 Å². The zero-order valence-corrected chi connectivity index (χ0v) is 16.5. The summed E-state index contributed by atoms with van der Waals surface area (Å²) in [6.45, 7) is 4.33. The monoisotopic (exact) mass is 379 g/mol. The lowest BCUT2D eigenvalue weighted by Gasteiger charge is -2.23. The van der Waals surface area contributed by atoms with Gasteiger partial charge in [0.1, 0.15) is 5.01 Å². The van der Waals surface area contributed by atoms with Gasteiger partial charge in [-0.1, -0.05) is 50.2 Å². The predicted molar refractivity (Wildman–Crippen MR) is 110 cm³/mol. The molecule has 2 heterocycles. The number of carbonyl (C=O) groups is 1. The first kappa shape index (κ1) is 19.2. The van der Waals surface area contributed by atoms with E-state index in [9.17, 15) is 4.79 Å². The van der Waals surface area contributed by atoms with E-state index >= 15 is 0 Å². The van der Waals surface area contributed by atoms with Gasteiger partial charge in [0.2, 0.25) is 5.91 Å². The Morgan fingerprint density at radius 3 is 2.56 bits per heavy atom. The molecule has 4 nitrogen and oxygen atoms in total. The maximum absolute atomic E-state index is 13.3. The number of amides is 1. The average molecular weight is 380 g/mol. The summed E-state index contributed by atoms with van der Waals surface area (Å²) in [5.74, 6) is 0.239. The first-order valence-electron chi connectivity index (χ1n) is 9.27. The number of nitrogens with one attached hydrogen (secondary N) is 1. The fourth-order valence-corrected chi connectivity index (χ4v) is 3.88. The number of benzene rings is 1. The van der Waals surface area contributed by atoms with Gasteiger partial charge < -0.3 is 5.32 Å². The molecule has 2 atom stereocenters. The molecule has 2 aromatic heterocycles.